The molecule has 0 heterocycles. The van der Waals surface area contributed by atoms with Crippen LogP contribution in [0.3, 0.4) is 0 Å². The highest BCUT2D eigenvalue weighted by molar-refractivity contribution is 5.28. The average molecular weight is 575 g/mol. The molecule has 6 atom stereocenters. The summed E-state index contributed by atoms with van der Waals surface area (Å²) >= 11 is 0. The molecule has 0 aliphatic rings. The Kier molecular flexibility index (Phi) is 13.8. The summed E-state index contributed by atoms with van der Waals surface area (Å²) in [6.07, 6.45) is -0.545. The molecule has 5 aromatic rings. The second-order valence-corrected chi connectivity index (χ2v) is 10.7. The molecule has 43 heavy (non-hydrogen) atoms. The number of rotatable bonds is 8. The Morgan fingerprint density at radius 1 is 0.372 bits per heavy atom. The van der Waals surface area contributed by atoms with Crippen LogP contribution in [0.25, 0.3) is 0 Å². The average Bonchev–Trinajstić information content (AvgIpc) is 3.09. The van der Waals surface area contributed by atoms with E-state index in [0.717, 1.165) is 16.7 Å². The molecule has 9 N–H and O–H groups in total. The first kappa shape index (κ1) is 33.4. The van der Waals surface area contributed by atoms with E-state index >= 15 is 0 Å². The maximum absolute atomic E-state index is 9.47. The standard InChI is InChI=1S/C15H17N.C14H16N2.C9H13NO/c1-12(13-8-4-2-5-9-13)15(16)14-10-6-3-7-11-14;15-13(11-7-3-1-4-8-11)14(16)12-9-5-2-6-10-12;1-7(10)9(11)8-5-3-2-4-6-8/h2-12,15H,16H2,1H3;1-10,13-14H,15-16H2;2-7,9,11H,10H2,1H3. The smallest absolute Gasteiger partial charge is 0.0938 e. The maximum Gasteiger partial charge on any atom is 0.0938 e. The molecule has 0 bridgehead atoms. The largest absolute Gasteiger partial charge is 0.387 e. The normalized spacial score (nSPS) is 14.8. The van der Waals surface area contributed by atoms with Gasteiger partial charge in [-0.05, 0) is 34.7 Å². The van der Waals surface area contributed by atoms with Crippen molar-refractivity contribution in [2.75, 3.05) is 0 Å². The molecule has 0 fully saturated rings. The monoisotopic (exact) mass is 574 g/mol. The maximum atomic E-state index is 9.47. The molecular formula is C38H46N4O. The number of benzene rings is 5. The highest BCUT2D eigenvalue weighted by atomic mass is 16.3. The van der Waals surface area contributed by atoms with Crippen LogP contribution in [-0.4, -0.2) is 11.1 Å². The molecule has 224 valence electrons. The van der Waals surface area contributed by atoms with Gasteiger partial charge in [-0.15, -0.1) is 0 Å². The summed E-state index contributed by atoms with van der Waals surface area (Å²) < 4.78 is 0. The number of aliphatic hydroxyl groups excluding tert-OH is 1. The fourth-order valence-electron chi connectivity index (χ4n) is 4.65. The molecule has 0 saturated heterocycles. The van der Waals surface area contributed by atoms with Gasteiger partial charge in [-0.1, -0.05) is 159 Å². The van der Waals surface area contributed by atoms with Gasteiger partial charge >= 0.3 is 0 Å². The van der Waals surface area contributed by atoms with E-state index in [1.54, 1.807) is 6.92 Å². The van der Waals surface area contributed by atoms with Gasteiger partial charge in [0.1, 0.15) is 0 Å². The summed E-state index contributed by atoms with van der Waals surface area (Å²) in [6.45, 7) is 3.96. The number of hydrogen-bond acceptors (Lipinski definition) is 5. The van der Waals surface area contributed by atoms with Gasteiger partial charge in [0, 0.05) is 30.1 Å². The van der Waals surface area contributed by atoms with Gasteiger partial charge in [-0.25, -0.2) is 0 Å². The van der Waals surface area contributed by atoms with Crippen molar-refractivity contribution in [3.05, 3.63) is 179 Å². The molecule has 5 rings (SSSR count). The van der Waals surface area contributed by atoms with Crippen LogP contribution in [0.1, 0.15) is 71.8 Å². The highest BCUT2D eigenvalue weighted by Gasteiger charge is 2.17. The Balaban J connectivity index is 0.000000180. The lowest BCUT2D eigenvalue weighted by Crippen LogP contribution is -2.26. The summed E-state index contributed by atoms with van der Waals surface area (Å²) in [4.78, 5) is 0. The molecule has 5 aromatic carbocycles. The van der Waals surface area contributed by atoms with Gasteiger partial charge in [0.2, 0.25) is 0 Å². The van der Waals surface area contributed by atoms with Crippen LogP contribution < -0.4 is 22.9 Å². The minimum absolute atomic E-state index is 0.0589. The van der Waals surface area contributed by atoms with E-state index in [4.69, 9.17) is 22.9 Å². The van der Waals surface area contributed by atoms with Crippen LogP contribution in [0.2, 0.25) is 0 Å². The van der Waals surface area contributed by atoms with Gasteiger partial charge in [-0.2, -0.15) is 0 Å². The van der Waals surface area contributed by atoms with E-state index in [9.17, 15) is 5.11 Å². The lowest BCUT2D eigenvalue weighted by Gasteiger charge is -2.20. The van der Waals surface area contributed by atoms with Crippen molar-refractivity contribution in [1.29, 1.82) is 0 Å². The van der Waals surface area contributed by atoms with E-state index in [1.165, 1.54) is 11.1 Å². The van der Waals surface area contributed by atoms with Crippen molar-refractivity contribution in [2.45, 2.75) is 50.0 Å². The first-order chi connectivity index (χ1) is 20.8. The van der Waals surface area contributed by atoms with Gasteiger partial charge in [0.25, 0.3) is 0 Å². The van der Waals surface area contributed by atoms with Gasteiger partial charge in [0.15, 0.2) is 0 Å². The van der Waals surface area contributed by atoms with Gasteiger partial charge in [0.05, 0.1) is 6.10 Å². The van der Waals surface area contributed by atoms with Crippen LogP contribution in [0.4, 0.5) is 0 Å². The van der Waals surface area contributed by atoms with Crippen molar-refractivity contribution < 1.29 is 5.11 Å². The van der Waals surface area contributed by atoms with Crippen molar-refractivity contribution >= 4 is 0 Å². The van der Waals surface area contributed by atoms with E-state index in [1.807, 2.05) is 115 Å². The first-order valence-electron chi connectivity index (χ1n) is 14.7. The fourth-order valence-corrected chi connectivity index (χ4v) is 4.65. The molecule has 0 saturated carbocycles. The number of hydrogen-bond donors (Lipinski definition) is 5. The molecule has 0 aliphatic heterocycles. The predicted octanol–water partition coefficient (Wildman–Crippen LogP) is 6.94. The van der Waals surface area contributed by atoms with Crippen LogP contribution in [0.5, 0.6) is 0 Å². The zero-order valence-electron chi connectivity index (χ0n) is 25.2. The Hall–Kier alpha value is -4.10. The van der Waals surface area contributed by atoms with Gasteiger partial charge in [-0.3, -0.25) is 0 Å². The second-order valence-electron chi connectivity index (χ2n) is 10.7. The van der Waals surface area contributed by atoms with E-state index in [-0.39, 0.29) is 24.2 Å². The van der Waals surface area contributed by atoms with Crippen molar-refractivity contribution in [1.82, 2.24) is 0 Å². The third-order valence-electron chi connectivity index (χ3n) is 7.44. The van der Waals surface area contributed by atoms with Crippen molar-refractivity contribution in [3.63, 3.8) is 0 Å². The zero-order chi connectivity index (χ0) is 31.0. The minimum Gasteiger partial charge on any atom is -0.387 e. The number of aliphatic hydroxyl groups is 1. The third kappa shape index (κ3) is 10.6. The summed E-state index contributed by atoms with van der Waals surface area (Å²) in [6, 6.07) is 49.5. The SMILES string of the molecule is CC(N)C(O)c1ccccc1.CC(c1ccccc1)C(N)c1ccccc1.NC(c1ccccc1)C(N)c1ccccc1. The third-order valence-corrected chi connectivity index (χ3v) is 7.44. The van der Waals surface area contributed by atoms with E-state index in [0.29, 0.717) is 5.92 Å². The Bertz CT molecular complexity index is 1230. The first-order valence-corrected chi connectivity index (χ1v) is 14.7. The van der Waals surface area contributed by atoms with Gasteiger partial charge < -0.3 is 28.0 Å². The molecule has 0 spiro atoms. The minimum atomic E-state index is -0.545. The molecule has 0 amide bonds. The Morgan fingerprint density at radius 2 is 0.628 bits per heavy atom. The Morgan fingerprint density at radius 3 is 0.930 bits per heavy atom. The summed E-state index contributed by atoms with van der Waals surface area (Å²) in [5, 5.41) is 9.47. The molecule has 0 aromatic heterocycles. The predicted molar refractivity (Wildman–Crippen MR) is 180 cm³/mol. The zero-order valence-corrected chi connectivity index (χ0v) is 25.2. The fraction of sp³-hybridized carbons (Fsp3) is 0.211. The summed E-state index contributed by atoms with van der Waals surface area (Å²) in [5.41, 5.74) is 29.6. The van der Waals surface area contributed by atoms with Crippen LogP contribution in [0, 0.1) is 0 Å². The second kappa shape index (κ2) is 17.8. The molecule has 5 heteroatoms. The van der Waals surface area contributed by atoms with Crippen molar-refractivity contribution in [3.8, 4) is 0 Å². The van der Waals surface area contributed by atoms with E-state index < -0.39 is 6.10 Å². The molecule has 6 unspecified atom stereocenters. The lowest BCUT2D eigenvalue weighted by molar-refractivity contribution is 0.153. The Labute approximate surface area is 257 Å². The lowest BCUT2D eigenvalue weighted by atomic mass is 9.89. The number of nitrogens with two attached hydrogens (primary N) is 4. The van der Waals surface area contributed by atoms with E-state index in [2.05, 4.69) is 43.3 Å². The topological polar surface area (TPSA) is 124 Å². The summed E-state index contributed by atoms with van der Waals surface area (Å²) in [7, 11) is 0. The molecule has 5 nitrogen and oxygen atoms in total. The van der Waals surface area contributed by atoms with Crippen LogP contribution in [0.15, 0.2) is 152 Å². The van der Waals surface area contributed by atoms with Crippen LogP contribution >= 0.6 is 0 Å². The molecular weight excluding hydrogens is 528 g/mol. The quantitative estimate of drug-likeness (QED) is 0.137. The van der Waals surface area contributed by atoms with Crippen molar-refractivity contribution in [2.24, 2.45) is 22.9 Å². The highest BCUT2D eigenvalue weighted by Crippen LogP contribution is 2.28. The molecule has 0 aliphatic carbocycles. The summed E-state index contributed by atoms with van der Waals surface area (Å²) in [5.74, 6) is 0.337. The molecule has 0 radical (unpaired) electrons. The van der Waals surface area contributed by atoms with Crippen LogP contribution in [-0.2, 0) is 0 Å².